The number of hydrogen-bond donors (Lipinski definition) is 1. The predicted molar refractivity (Wildman–Crippen MR) is 121 cm³/mol. The molecule has 0 radical (unpaired) electrons. The molecule has 3 aliphatic rings. The molecule has 2 aromatic rings. The number of hydrogen-bond acceptors (Lipinski definition) is 5. The molecule has 0 amide bonds. The molecule has 1 aromatic carbocycles. The van der Waals surface area contributed by atoms with Crippen LogP contribution in [0, 0.1) is 37.4 Å². The van der Waals surface area contributed by atoms with Crippen LogP contribution in [-0.2, 0) is 4.74 Å². The van der Waals surface area contributed by atoms with Crippen LogP contribution in [0.3, 0.4) is 0 Å². The van der Waals surface area contributed by atoms with Crippen LogP contribution in [0.15, 0.2) is 24.3 Å². The number of ether oxygens (including phenoxy) is 1. The maximum atomic E-state index is 13.3. The number of nitrogens with zero attached hydrogens (tertiary/aromatic N) is 3. The average Bonchev–Trinajstić information content (AvgIpc) is 3.38. The lowest BCUT2D eigenvalue weighted by atomic mass is 10.00. The van der Waals surface area contributed by atoms with Gasteiger partial charge in [0.15, 0.2) is 5.82 Å². The maximum Gasteiger partial charge on any atom is 0.152 e. The third-order valence-corrected chi connectivity index (χ3v) is 7.32. The van der Waals surface area contributed by atoms with Gasteiger partial charge >= 0.3 is 0 Å². The second-order valence-electron chi connectivity index (χ2n) is 9.41. The fourth-order valence-electron chi connectivity index (χ4n) is 5.43. The van der Waals surface area contributed by atoms with Crippen molar-refractivity contribution in [3.8, 4) is 11.3 Å². The number of likely N-dealkylation sites (tertiary alicyclic amines) is 1. The average molecular weight is 427 g/mol. The quantitative estimate of drug-likeness (QED) is 0.766. The van der Waals surface area contributed by atoms with Gasteiger partial charge in [0.2, 0.25) is 0 Å². The van der Waals surface area contributed by atoms with E-state index in [1.807, 2.05) is 6.92 Å². The zero-order chi connectivity index (χ0) is 23.2. The summed E-state index contributed by atoms with van der Waals surface area (Å²) in [5.41, 5.74) is 3.77. The van der Waals surface area contributed by atoms with Crippen molar-refractivity contribution in [3.63, 3.8) is 0 Å². The summed E-state index contributed by atoms with van der Waals surface area (Å²) in [6.07, 6.45) is 3.69. The van der Waals surface area contributed by atoms with E-state index in [-0.39, 0.29) is 11.7 Å². The second kappa shape index (κ2) is 8.83. The van der Waals surface area contributed by atoms with Crippen molar-refractivity contribution in [2.24, 2.45) is 17.8 Å². The van der Waals surface area contributed by atoms with Crippen LogP contribution in [0.4, 0.5) is 10.2 Å². The van der Waals surface area contributed by atoms with Crippen LogP contribution in [0.5, 0.6) is 0 Å². The summed E-state index contributed by atoms with van der Waals surface area (Å²) < 4.78 is 36.2. The van der Waals surface area contributed by atoms with Crippen molar-refractivity contribution in [3.05, 3.63) is 41.2 Å². The van der Waals surface area contributed by atoms with Crippen molar-refractivity contribution < 1.29 is 11.9 Å². The molecule has 1 unspecified atom stereocenters. The Morgan fingerprint density at radius 2 is 1.74 bits per heavy atom. The fraction of sp³-hybridized carbons (Fsp3) is 0.600. The summed E-state index contributed by atoms with van der Waals surface area (Å²) in [5, 5.41) is 12.5. The standard InChI is InChI=1S/C25H33FN4O/c1-16-17(2)25(29-28-24(16)19-3-5-22(26)6-4-19)27-23-11-20-14-30(15-21(20)12-23)13-18-7-9-31-10-8-18/h3-6,18,20-21,23H,7-15H2,1-2H3,(H,27,29)/t20-,21+,23?/i13D2. The van der Waals surface area contributed by atoms with Crippen molar-refractivity contribution in [1.29, 1.82) is 0 Å². The first-order chi connectivity index (χ1) is 15.8. The topological polar surface area (TPSA) is 50.3 Å². The summed E-state index contributed by atoms with van der Waals surface area (Å²) >= 11 is 0. The Bertz CT molecular complexity index is 983. The molecular weight excluding hydrogens is 391 g/mol. The molecule has 2 saturated heterocycles. The van der Waals surface area contributed by atoms with Crippen LogP contribution < -0.4 is 5.32 Å². The van der Waals surface area contributed by atoms with Gasteiger partial charge in [-0.25, -0.2) is 4.39 Å². The van der Waals surface area contributed by atoms with E-state index < -0.39 is 6.50 Å². The molecule has 1 aromatic heterocycles. The fourth-order valence-corrected chi connectivity index (χ4v) is 5.43. The van der Waals surface area contributed by atoms with Gasteiger partial charge in [0.25, 0.3) is 0 Å². The number of fused-ring (bicyclic) bond motifs is 1. The lowest BCUT2D eigenvalue weighted by molar-refractivity contribution is 0.0545. The third-order valence-electron chi connectivity index (χ3n) is 7.32. The van der Waals surface area contributed by atoms with Gasteiger partial charge in [0.1, 0.15) is 5.82 Å². The van der Waals surface area contributed by atoms with Gasteiger partial charge in [0, 0.05) is 47.1 Å². The molecule has 3 atom stereocenters. The monoisotopic (exact) mass is 426 g/mol. The van der Waals surface area contributed by atoms with E-state index in [1.165, 1.54) is 12.1 Å². The van der Waals surface area contributed by atoms with Gasteiger partial charge in [-0.1, -0.05) is 0 Å². The first-order valence-corrected chi connectivity index (χ1v) is 11.5. The highest BCUT2D eigenvalue weighted by Crippen LogP contribution is 2.40. The van der Waals surface area contributed by atoms with Crippen LogP contribution in [-0.4, -0.2) is 53.9 Å². The molecule has 5 rings (SSSR count). The minimum Gasteiger partial charge on any atom is -0.381 e. The predicted octanol–water partition coefficient (Wildman–Crippen LogP) is 4.45. The molecular formula is C25H33FN4O. The minimum absolute atomic E-state index is 0.0690. The Morgan fingerprint density at radius 3 is 2.42 bits per heavy atom. The van der Waals surface area contributed by atoms with Gasteiger partial charge < -0.3 is 15.0 Å². The van der Waals surface area contributed by atoms with Gasteiger partial charge in [-0.05, 0) is 92.7 Å². The number of rotatable bonds is 5. The lowest BCUT2D eigenvalue weighted by Crippen LogP contribution is -2.32. The number of benzene rings is 1. The zero-order valence-corrected chi connectivity index (χ0v) is 18.4. The Labute approximate surface area is 187 Å². The van der Waals surface area contributed by atoms with E-state index in [0.717, 1.165) is 67.0 Å². The van der Waals surface area contributed by atoms with Crippen molar-refractivity contribution in [2.75, 3.05) is 38.1 Å². The van der Waals surface area contributed by atoms with Gasteiger partial charge in [-0.2, -0.15) is 0 Å². The highest BCUT2D eigenvalue weighted by molar-refractivity contribution is 5.66. The molecule has 1 N–H and O–H groups in total. The van der Waals surface area contributed by atoms with Gasteiger partial charge in [-0.3, -0.25) is 0 Å². The molecule has 6 heteroatoms. The molecule has 5 nitrogen and oxygen atoms in total. The van der Waals surface area contributed by atoms with Crippen LogP contribution in [0.2, 0.25) is 0 Å². The molecule has 3 heterocycles. The molecule has 1 aliphatic carbocycles. The van der Waals surface area contributed by atoms with E-state index in [0.29, 0.717) is 31.1 Å². The van der Waals surface area contributed by atoms with Crippen molar-refractivity contribution in [2.45, 2.75) is 45.6 Å². The Balaban J connectivity index is 1.22. The molecule has 0 spiro atoms. The van der Waals surface area contributed by atoms with Crippen LogP contribution in [0.1, 0.15) is 39.6 Å². The highest BCUT2D eigenvalue weighted by Gasteiger charge is 2.41. The van der Waals surface area contributed by atoms with E-state index in [9.17, 15) is 4.39 Å². The van der Waals surface area contributed by atoms with E-state index in [2.05, 4.69) is 27.3 Å². The second-order valence-corrected chi connectivity index (χ2v) is 9.41. The van der Waals surface area contributed by atoms with Crippen LogP contribution in [0.25, 0.3) is 11.3 Å². The minimum atomic E-state index is -1.24. The SMILES string of the molecule is [2H]C([2H])(C1CCOCC1)N1C[C@H]2CC(Nc3nnc(-c4ccc(F)cc4)c(C)c3C)C[C@H]2C1. The Kier molecular flexibility index (Phi) is 5.27. The van der Waals surface area contributed by atoms with Gasteiger partial charge in [0.05, 0.1) is 5.69 Å². The summed E-state index contributed by atoms with van der Waals surface area (Å²) in [7, 11) is 0. The summed E-state index contributed by atoms with van der Waals surface area (Å²) in [5.74, 6) is 1.67. The van der Waals surface area contributed by atoms with E-state index in [1.54, 1.807) is 12.1 Å². The summed E-state index contributed by atoms with van der Waals surface area (Å²) in [4.78, 5) is 2.10. The molecule has 1 saturated carbocycles. The third kappa shape index (κ3) is 4.46. The molecule has 31 heavy (non-hydrogen) atoms. The van der Waals surface area contributed by atoms with E-state index >= 15 is 0 Å². The maximum absolute atomic E-state index is 13.3. The summed E-state index contributed by atoms with van der Waals surface area (Å²) in [6.45, 7) is 5.87. The highest BCUT2D eigenvalue weighted by atomic mass is 19.1. The molecule has 2 aliphatic heterocycles. The first-order valence-electron chi connectivity index (χ1n) is 12.5. The van der Waals surface area contributed by atoms with Crippen LogP contribution >= 0.6 is 0 Å². The summed E-state index contributed by atoms with van der Waals surface area (Å²) in [6, 6.07) is 6.70. The van der Waals surface area contributed by atoms with Crippen molar-refractivity contribution in [1.82, 2.24) is 15.1 Å². The Hall–Kier alpha value is -2.05. The number of halogens is 1. The number of aromatic nitrogens is 2. The number of anilines is 1. The zero-order valence-electron chi connectivity index (χ0n) is 20.4. The molecule has 3 fully saturated rings. The smallest absolute Gasteiger partial charge is 0.152 e. The normalized spacial score (nSPS) is 28.3. The lowest BCUT2D eigenvalue weighted by Gasteiger charge is -2.28. The first kappa shape index (κ1) is 18.5. The van der Waals surface area contributed by atoms with Gasteiger partial charge in [-0.15, -0.1) is 10.2 Å². The van der Waals surface area contributed by atoms with Crippen molar-refractivity contribution >= 4 is 5.82 Å². The number of nitrogens with one attached hydrogen (secondary N) is 1. The molecule has 166 valence electrons. The Morgan fingerprint density at radius 1 is 1.06 bits per heavy atom. The largest absolute Gasteiger partial charge is 0.381 e. The van der Waals surface area contributed by atoms with E-state index in [4.69, 9.17) is 7.48 Å². The molecule has 0 bridgehead atoms.